The lowest BCUT2D eigenvalue weighted by molar-refractivity contribution is 0.103. The van der Waals surface area contributed by atoms with Crippen LogP contribution in [0.25, 0.3) is 0 Å². The Kier molecular flexibility index (Phi) is 6.25. The SMILES string of the molecule is CCN(CC)Cc1cc(C(=O)c2ccc(C)cc2)cc(C(C)(C)C)c1O. The van der Waals surface area contributed by atoms with Gasteiger partial charge in [0.05, 0.1) is 0 Å². The predicted octanol–water partition coefficient (Wildman–Crippen LogP) is 5.07. The molecule has 2 aromatic rings. The van der Waals surface area contributed by atoms with Crippen molar-refractivity contribution in [3.05, 3.63) is 64.2 Å². The maximum Gasteiger partial charge on any atom is 0.193 e. The van der Waals surface area contributed by atoms with Crippen molar-refractivity contribution in [3.8, 4) is 5.75 Å². The van der Waals surface area contributed by atoms with E-state index in [1.54, 1.807) is 0 Å². The van der Waals surface area contributed by atoms with E-state index in [9.17, 15) is 9.90 Å². The van der Waals surface area contributed by atoms with Crippen molar-refractivity contribution in [3.63, 3.8) is 0 Å². The topological polar surface area (TPSA) is 40.5 Å². The van der Waals surface area contributed by atoms with Gasteiger partial charge in [0.1, 0.15) is 5.75 Å². The molecule has 0 spiro atoms. The molecule has 0 saturated heterocycles. The van der Waals surface area contributed by atoms with Gasteiger partial charge in [-0.15, -0.1) is 0 Å². The van der Waals surface area contributed by atoms with Crippen LogP contribution in [0.3, 0.4) is 0 Å². The van der Waals surface area contributed by atoms with Crippen LogP contribution >= 0.6 is 0 Å². The number of ketones is 1. The maximum atomic E-state index is 13.0. The molecule has 0 radical (unpaired) electrons. The van der Waals surface area contributed by atoms with Crippen molar-refractivity contribution in [1.82, 2.24) is 4.90 Å². The van der Waals surface area contributed by atoms with Crippen LogP contribution in [0.15, 0.2) is 36.4 Å². The highest BCUT2D eigenvalue weighted by Crippen LogP contribution is 2.35. The number of aryl methyl sites for hydroxylation is 1. The third-order valence-corrected chi connectivity index (χ3v) is 4.86. The quantitative estimate of drug-likeness (QED) is 0.737. The standard InChI is InChI=1S/C23H31NO2/c1-7-24(8-2)15-19-13-18(14-20(22(19)26)23(4,5)6)21(25)17-11-9-16(3)10-12-17/h9-14,26H,7-8,15H2,1-6H3. The Balaban J connectivity index is 2.54. The van der Waals surface area contributed by atoms with E-state index >= 15 is 0 Å². The van der Waals surface area contributed by atoms with E-state index in [0.717, 1.165) is 29.8 Å². The minimum atomic E-state index is -0.244. The first-order valence-electron chi connectivity index (χ1n) is 9.37. The average Bonchev–Trinajstić information content (AvgIpc) is 2.60. The Hall–Kier alpha value is -2.13. The minimum absolute atomic E-state index is 0.00343. The number of carbonyl (C=O) groups excluding carboxylic acids is 1. The van der Waals surface area contributed by atoms with Crippen LogP contribution < -0.4 is 0 Å². The molecule has 0 saturated carbocycles. The number of aromatic hydroxyl groups is 1. The molecule has 1 N–H and O–H groups in total. The zero-order valence-electron chi connectivity index (χ0n) is 16.9. The van der Waals surface area contributed by atoms with Crippen molar-refractivity contribution in [2.24, 2.45) is 0 Å². The van der Waals surface area contributed by atoms with E-state index in [-0.39, 0.29) is 11.2 Å². The highest BCUT2D eigenvalue weighted by molar-refractivity contribution is 6.09. The number of nitrogens with zero attached hydrogens (tertiary/aromatic N) is 1. The van der Waals surface area contributed by atoms with Crippen LogP contribution in [0, 0.1) is 6.92 Å². The average molecular weight is 354 g/mol. The molecule has 0 unspecified atom stereocenters. The predicted molar refractivity (Wildman–Crippen MR) is 108 cm³/mol. The molecule has 140 valence electrons. The summed E-state index contributed by atoms with van der Waals surface area (Å²) >= 11 is 0. The first-order chi connectivity index (χ1) is 12.2. The third-order valence-electron chi connectivity index (χ3n) is 4.86. The van der Waals surface area contributed by atoms with Gasteiger partial charge in [-0.25, -0.2) is 0 Å². The van der Waals surface area contributed by atoms with Gasteiger partial charge < -0.3 is 5.11 Å². The molecule has 0 bridgehead atoms. The normalized spacial score (nSPS) is 11.8. The number of hydrogen-bond donors (Lipinski definition) is 1. The summed E-state index contributed by atoms with van der Waals surface area (Å²) in [5.74, 6) is 0.307. The molecular weight excluding hydrogens is 322 g/mol. The molecule has 3 heteroatoms. The van der Waals surface area contributed by atoms with Crippen LogP contribution in [-0.4, -0.2) is 28.9 Å². The number of hydrogen-bond acceptors (Lipinski definition) is 3. The van der Waals surface area contributed by atoms with Crippen LogP contribution in [0.1, 0.15) is 67.2 Å². The van der Waals surface area contributed by atoms with Gasteiger partial charge in [0.25, 0.3) is 0 Å². The van der Waals surface area contributed by atoms with Gasteiger partial charge in [-0.2, -0.15) is 0 Å². The molecule has 0 atom stereocenters. The van der Waals surface area contributed by atoms with Crippen molar-refractivity contribution >= 4 is 5.78 Å². The van der Waals surface area contributed by atoms with Crippen LogP contribution in [-0.2, 0) is 12.0 Å². The number of phenolic OH excluding ortho intramolecular Hbond substituents is 1. The summed E-state index contributed by atoms with van der Waals surface area (Å²) in [6, 6.07) is 11.3. The Morgan fingerprint density at radius 1 is 1.00 bits per heavy atom. The highest BCUT2D eigenvalue weighted by atomic mass is 16.3. The molecule has 0 amide bonds. The largest absolute Gasteiger partial charge is 0.507 e. The second-order valence-corrected chi connectivity index (χ2v) is 7.94. The van der Waals surface area contributed by atoms with Crippen LogP contribution in [0.2, 0.25) is 0 Å². The van der Waals surface area contributed by atoms with Gasteiger partial charge in [0.2, 0.25) is 0 Å². The summed E-state index contributed by atoms with van der Waals surface area (Å²) in [7, 11) is 0. The lowest BCUT2D eigenvalue weighted by Crippen LogP contribution is -2.23. The summed E-state index contributed by atoms with van der Waals surface area (Å²) in [5, 5.41) is 10.8. The van der Waals surface area contributed by atoms with Gasteiger partial charge in [0, 0.05) is 28.8 Å². The van der Waals surface area contributed by atoms with E-state index in [1.165, 1.54) is 0 Å². The molecule has 0 heterocycles. The molecule has 2 aromatic carbocycles. The van der Waals surface area contributed by atoms with Crippen molar-refractivity contribution in [1.29, 1.82) is 0 Å². The van der Waals surface area contributed by atoms with Gasteiger partial charge >= 0.3 is 0 Å². The minimum Gasteiger partial charge on any atom is -0.507 e. The first-order valence-corrected chi connectivity index (χ1v) is 9.37. The van der Waals surface area contributed by atoms with E-state index in [1.807, 2.05) is 43.3 Å². The smallest absolute Gasteiger partial charge is 0.193 e. The fourth-order valence-corrected chi connectivity index (χ4v) is 3.08. The van der Waals surface area contributed by atoms with Crippen molar-refractivity contribution < 1.29 is 9.90 Å². The third kappa shape index (κ3) is 4.53. The monoisotopic (exact) mass is 353 g/mol. The van der Waals surface area contributed by atoms with Crippen LogP contribution in [0.4, 0.5) is 0 Å². The lowest BCUT2D eigenvalue weighted by atomic mass is 9.83. The lowest BCUT2D eigenvalue weighted by Gasteiger charge is -2.25. The second-order valence-electron chi connectivity index (χ2n) is 7.94. The van der Waals surface area contributed by atoms with Gasteiger partial charge in [-0.3, -0.25) is 9.69 Å². The van der Waals surface area contributed by atoms with E-state index in [2.05, 4.69) is 39.5 Å². The fraction of sp³-hybridized carbons (Fsp3) is 0.435. The fourth-order valence-electron chi connectivity index (χ4n) is 3.08. The second kappa shape index (κ2) is 8.05. The summed E-state index contributed by atoms with van der Waals surface area (Å²) in [4.78, 5) is 15.3. The highest BCUT2D eigenvalue weighted by Gasteiger charge is 2.24. The van der Waals surface area contributed by atoms with E-state index in [4.69, 9.17) is 0 Å². The summed E-state index contributed by atoms with van der Waals surface area (Å²) in [6.45, 7) is 14.8. The van der Waals surface area contributed by atoms with Gasteiger partial charge in [-0.05, 0) is 37.6 Å². The Morgan fingerprint density at radius 2 is 1.58 bits per heavy atom. The molecule has 0 fully saturated rings. The maximum absolute atomic E-state index is 13.0. The summed E-state index contributed by atoms with van der Waals surface area (Å²) in [5.41, 5.74) is 3.83. The van der Waals surface area contributed by atoms with Crippen molar-refractivity contribution in [2.75, 3.05) is 13.1 Å². The number of phenols is 1. The Labute approximate surface area is 157 Å². The molecule has 0 aromatic heterocycles. The molecule has 3 nitrogen and oxygen atoms in total. The number of rotatable bonds is 6. The molecule has 2 rings (SSSR count). The zero-order valence-corrected chi connectivity index (χ0v) is 16.9. The first kappa shape index (κ1) is 20.2. The molecule has 0 aliphatic carbocycles. The molecule has 26 heavy (non-hydrogen) atoms. The van der Waals surface area contributed by atoms with Crippen molar-refractivity contribution in [2.45, 2.75) is 53.5 Å². The molecule has 0 aliphatic heterocycles. The number of benzene rings is 2. The Bertz CT molecular complexity index is 766. The van der Waals surface area contributed by atoms with E-state index < -0.39 is 0 Å². The molecule has 0 aliphatic rings. The Morgan fingerprint density at radius 3 is 2.08 bits per heavy atom. The van der Waals surface area contributed by atoms with E-state index in [0.29, 0.717) is 23.4 Å². The number of carbonyl (C=O) groups is 1. The molecular formula is C23H31NO2. The van der Waals surface area contributed by atoms with Gasteiger partial charge in [-0.1, -0.05) is 64.4 Å². The van der Waals surface area contributed by atoms with Crippen LogP contribution in [0.5, 0.6) is 5.75 Å². The van der Waals surface area contributed by atoms with Gasteiger partial charge in [0.15, 0.2) is 5.78 Å². The summed E-state index contributed by atoms with van der Waals surface area (Å²) in [6.07, 6.45) is 0. The summed E-state index contributed by atoms with van der Waals surface area (Å²) < 4.78 is 0. The zero-order chi connectivity index (χ0) is 19.5.